The third-order valence-electron chi connectivity index (χ3n) is 5.69. The standard InChI is InChI=1S/C21H32N4O2/c26-20(22-23-21(27)17-18-7-3-1-4-8-18)11-12-24-13-15-25(16-14-24)19-9-5-2-6-10-19/h2,5-6,9-10,18H,1,3-4,7-8,11-17H2,(H,22,26)(H,23,27). The molecule has 1 saturated heterocycles. The highest BCUT2D eigenvalue weighted by Crippen LogP contribution is 2.25. The molecule has 0 spiro atoms. The van der Waals surface area contributed by atoms with Gasteiger partial charge >= 0.3 is 0 Å². The Morgan fingerprint density at radius 2 is 1.56 bits per heavy atom. The quantitative estimate of drug-likeness (QED) is 0.752. The average molecular weight is 373 g/mol. The summed E-state index contributed by atoms with van der Waals surface area (Å²) in [6.07, 6.45) is 6.95. The molecule has 148 valence electrons. The lowest BCUT2D eigenvalue weighted by Gasteiger charge is -2.36. The van der Waals surface area contributed by atoms with Crippen LogP contribution in [0, 0.1) is 5.92 Å². The molecule has 0 unspecified atom stereocenters. The first-order valence-corrected chi connectivity index (χ1v) is 10.3. The Kier molecular flexibility index (Phi) is 7.51. The predicted molar refractivity (Wildman–Crippen MR) is 107 cm³/mol. The second kappa shape index (κ2) is 10.3. The molecule has 2 amide bonds. The summed E-state index contributed by atoms with van der Waals surface area (Å²) in [7, 11) is 0. The van der Waals surface area contributed by atoms with Crippen LogP contribution in [-0.2, 0) is 9.59 Å². The van der Waals surface area contributed by atoms with E-state index in [-0.39, 0.29) is 11.8 Å². The lowest BCUT2D eigenvalue weighted by atomic mass is 9.87. The van der Waals surface area contributed by atoms with Gasteiger partial charge in [0.15, 0.2) is 0 Å². The van der Waals surface area contributed by atoms with Crippen LogP contribution in [0.5, 0.6) is 0 Å². The van der Waals surface area contributed by atoms with E-state index in [1.807, 2.05) is 6.07 Å². The van der Waals surface area contributed by atoms with Gasteiger partial charge in [-0.1, -0.05) is 37.5 Å². The van der Waals surface area contributed by atoms with E-state index >= 15 is 0 Å². The summed E-state index contributed by atoms with van der Waals surface area (Å²) in [6.45, 7) is 4.59. The molecule has 2 fully saturated rings. The van der Waals surface area contributed by atoms with E-state index in [2.05, 4.69) is 44.9 Å². The van der Waals surface area contributed by atoms with Gasteiger partial charge in [-0.15, -0.1) is 0 Å². The minimum Gasteiger partial charge on any atom is -0.369 e. The Bertz CT molecular complexity index is 593. The lowest BCUT2D eigenvalue weighted by molar-refractivity contribution is -0.129. The number of hydrogen-bond acceptors (Lipinski definition) is 4. The van der Waals surface area contributed by atoms with E-state index in [1.165, 1.54) is 24.9 Å². The fourth-order valence-electron chi connectivity index (χ4n) is 4.03. The van der Waals surface area contributed by atoms with Gasteiger partial charge < -0.3 is 4.90 Å². The molecule has 0 atom stereocenters. The zero-order chi connectivity index (χ0) is 18.9. The monoisotopic (exact) mass is 372 g/mol. The molecule has 2 N–H and O–H groups in total. The minimum absolute atomic E-state index is 0.0632. The molecule has 27 heavy (non-hydrogen) atoms. The normalized spacial score (nSPS) is 18.9. The fraction of sp³-hybridized carbons (Fsp3) is 0.619. The molecule has 1 aromatic carbocycles. The zero-order valence-electron chi connectivity index (χ0n) is 16.2. The van der Waals surface area contributed by atoms with Crippen LogP contribution >= 0.6 is 0 Å². The molecule has 0 radical (unpaired) electrons. The molecule has 3 rings (SSSR count). The maximum atomic E-state index is 12.0. The first-order valence-electron chi connectivity index (χ1n) is 10.3. The number of anilines is 1. The maximum absolute atomic E-state index is 12.0. The molecule has 0 aromatic heterocycles. The molecule has 1 heterocycles. The van der Waals surface area contributed by atoms with Gasteiger partial charge in [0.2, 0.25) is 11.8 Å². The van der Waals surface area contributed by atoms with Crippen molar-refractivity contribution in [3.05, 3.63) is 30.3 Å². The minimum atomic E-state index is -0.113. The number of carbonyl (C=O) groups is 2. The second-order valence-electron chi connectivity index (χ2n) is 7.72. The van der Waals surface area contributed by atoms with E-state index in [0.717, 1.165) is 45.6 Å². The Balaban J connectivity index is 1.28. The number of para-hydroxylation sites is 1. The number of rotatable bonds is 6. The number of hydrogen-bond donors (Lipinski definition) is 2. The highest BCUT2D eigenvalue weighted by molar-refractivity contribution is 5.82. The molecule has 6 nitrogen and oxygen atoms in total. The second-order valence-corrected chi connectivity index (χ2v) is 7.72. The van der Waals surface area contributed by atoms with Gasteiger partial charge in [0, 0.05) is 51.3 Å². The summed E-state index contributed by atoms with van der Waals surface area (Å²) >= 11 is 0. The van der Waals surface area contributed by atoms with Gasteiger partial charge in [-0.05, 0) is 30.9 Å². The van der Waals surface area contributed by atoms with Crippen LogP contribution in [0.15, 0.2) is 30.3 Å². The number of piperazine rings is 1. The van der Waals surface area contributed by atoms with Crippen LogP contribution in [0.25, 0.3) is 0 Å². The summed E-state index contributed by atoms with van der Waals surface area (Å²) in [5.41, 5.74) is 6.41. The molecule has 1 aliphatic carbocycles. The number of amides is 2. The summed E-state index contributed by atoms with van der Waals surface area (Å²) in [4.78, 5) is 28.6. The summed E-state index contributed by atoms with van der Waals surface area (Å²) in [5.74, 6) is 0.306. The van der Waals surface area contributed by atoms with E-state index in [9.17, 15) is 9.59 Å². The van der Waals surface area contributed by atoms with E-state index in [0.29, 0.717) is 18.8 Å². The largest absolute Gasteiger partial charge is 0.369 e. The Labute approximate surface area is 162 Å². The average Bonchev–Trinajstić information content (AvgIpc) is 2.72. The number of carbonyl (C=O) groups excluding carboxylic acids is 2. The molecule has 6 heteroatoms. The summed E-state index contributed by atoms with van der Waals surface area (Å²) in [6, 6.07) is 10.4. The first kappa shape index (κ1) is 19.7. The van der Waals surface area contributed by atoms with Crippen molar-refractivity contribution in [2.75, 3.05) is 37.6 Å². The molecule has 0 bridgehead atoms. The molecule has 1 aliphatic heterocycles. The summed E-state index contributed by atoms with van der Waals surface area (Å²) < 4.78 is 0. The molecular formula is C21H32N4O2. The van der Waals surface area contributed by atoms with Crippen molar-refractivity contribution in [3.8, 4) is 0 Å². The molecule has 1 aromatic rings. The van der Waals surface area contributed by atoms with Crippen LogP contribution in [-0.4, -0.2) is 49.4 Å². The van der Waals surface area contributed by atoms with Crippen LogP contribution < -0.4 is 15.8 Å². The van der Waals surface area contributed by atoms with E-state index < -0.39 is 0 Å². The van der Waals surface area contributed by atoms with Gasteiger partial charge in [-0.25, -0.2) is 0 Å². The van der Waals surface area contributed by atoms with Crippen molar-refractivity contribution in [2.24, 2.45) is 5.92 Å². The first-order chi connectivity index (χ1) is 13.2. The predicted octanol–water partition coefficient (Wildman–Crippen LogP) is 2.32. The fourth-order valence-corrected chi connectivity index (χ4v) is 4.03. The number of benzene rings is 1. The van der Waals surface area contributed by atoms with Gasteiger partial charge in [0.1, 0.15) is 0 Å². The van der Waals surface area contributed by atoms with E-state index in [4.69, 9.17) is 0 Å². The van der Waals surface area contributed by atoms with Crippen molar-refractivity contribution in [1.29, 1.82) is 0 Å². The van der Waals surface area contributed by atoms with Gasteiger partial charge in [0.25, 0.3) is 0 Å². The van der Waals surface area contributed by atoms with Crippen molar-refractivity contribution in [2.45, 2.75) is 44.9 Å². The number of hydrazine groups is 1. The van der Waals surface area contributed by atoms with Gasteiger partial charge in [-0.2, -0.15) is 0 Å². The zero-order valence-corrected chi connectivity index (χ0v) is 16.2. The maximum Gasteiger partial charge on any atom is 0.239 e. The highest BCUT2D eigenvalue weighted by Gasteiger charge is 2.19. The molecule has 2 aliphatic rings. The van der Waals surface area contributed by atoms with Crippen LogP contribution in [0.4, 0.5) is 5.69 Å². The van der Waals surface area contributed by atoms with Gasteiger partial charge in [0.05, 0.1) is 0 Å². The van der Waals surface area contributed by atoms with Crippen LogP contribution in [0.1, 0.15) is 44.9 Å². The third kappa shape index (κ3) is 6.54. The van der Waals surface area contributed by atoms with Crippen LogP contribution in [0.3, 0.4) is 0 Å². The Morgan fingerprint density at radius 3 is 2.26 bits per heavy atom. The van der Waals surface area contributed by atoms with Crippen molar-refractivity contribution in [3.63, 3.8) is 0 Å². The van der Waals surface area contributed by atoms with Crippen molar-refractivity contribution >= 4 is 17.5 Å². The van der Waals surface area contributed by atoms with E-state index in [1.54, 1.807) is 0 Å². The molecule has 1 saturated carbocycles. The lowest BCUT2D eigenvalue weighted by Crippen LogP contribution is -2.48. The smallest absolute Gasteiger partial charge is 0.239 e. The Hall–Kier alpha value is -2.08. The van der Waals surface area contributed by atoms with Crippen molar-refractivity contribution in [1.82, 2.24) is 15.8 Å². The topological polar surface area (TPSA) is 64.7 Å². The van der Waals surface area contributed by atoms with Crippen molar-refractivity contribution < 1.29 is 9.59 Å². The third-order valence-corrected chi connectivity index (χ3v) is 5.69. The SMILES string of the molecule is O=C(CCN1CCN(c2ccccc2)CC1)NNC(=O)CC1CCCCC1. The summed E-state index contributed by atoms with van der Waals surface area (Å²) in [5, 5.41) is 0. The highest BCUT2D eigenvalue weighted by atomic mass is 16.2. The van der Waals surface area contributed by atoms with Crippen LogP contribution in [0.2, 0.25) is 0 Å². The number of nitrogens with zero attached hydrogens (tertiary/aromatic N) is 2. The number of nitrogens with one attached hydrogen (secondary N) is 2. The van der Waals surface area contributed by atoms with Gasteiger partial charge in [-0.3, -0.25) is 25.3 Å². The Morgan fingerprint density at radius 1 is 0.889 bits per heavy atom. The molecular weight excluding hydrogens is 340 g/mol.